The molecule has 0 atom stereocenters. The third-order valence-electron chi connectivity index (χ3n) is 2.91. The van der Waals surface area contributed by atoms with E-state index in [4.69, 9.17) is 9.84 Å². The Balaban J connectivity index is 2.19. The zero-order valence-electron chi connectivity index (χ0n) is 9.24. The topological polar surface area (TPSA) is 75.2 Å². The molecule has 2 N–H and O–H groups in total. The molecule has 0 radical (unpaired) electrons. The molecule has 92 valence electrons. The number of benzene rings is 1. The van der Waals surface area contributed by atoms with Crippen LogP contribution in [0.4, 0.5) is 4.39 Å². The number of halogens is 1. The third-order valence-corrected chi connectivity index (χ3v) is 2.91. The Morgan fingerprint density at radius 2 is 2.39 bits per heavy atom. The van der Waals surface area contributed by atoms with E-state index in [-0.39, 0.29) is 12.3 Å². The normalized spacial score (nSPS) is 12.5. The monoisotopic (exact) mass is 248 g/mol. The second-order valence-electron chi connectivity index (χ2n) is 3.98. The number of carboxylic acid groups (broad SMARTS) is 1. The first kappa shape index (κ1) is 10.8. The molecule has 0 unspecified atom stereocenters. The highest BCUT2D eigenvalue weighted by atomic mass is 19.1. The molecule has 1 aromatic carbocycles. The van der Waals surface area contributed by atoms with Crippen LogP contribution >= 0.6 is 0 Å². The molecule has 0 fully saturated rings. The first-order valence-corrected chi connectivity index (χ1v) is 5.33. The Morgan fingerprint density at radius 1 is 1.56 bits per heavy atom. The molecule has 1 aliphatic heterocycles. The van der Waals surface area contributed by atoms with Gasteiger partial charge in [0.1, 0.15) is 24.7 Å². The summed E-state index contributed by atoms with van der Waals surface area (Å²) in [6.45, 7) is -0.436. The summed E-state index contributed by atoms with van der Waals surface area (Å²) in [5.74, 6) is -0.499. The number of fused-ring (bicyclic) bond motifs is 3. The van der Waals surface area contributed by atoms with Crippen LogP contribution < -0.4 is 4.74 Å². The van der Waals surface area contributed by atoms with E-state index in [1.54, 1.807) is 18.2 Å². The molecule has 0 bridgehead atoms. The summed E-state index contributed by atoms with van der Waals surface area (Å²) in [4.78, 5) is 11.0. The second kappa shape index (κ2) is 3.83. The largest absolute Gasteiger partial charge is 0.488 e. The Labute approximate surface area is 101 Å². The van der Waals surface area contributed by atoms with Gasteiger partial charge in [-0.25, -0.2) is 9.18 Å². The molecule has 0 saturated heterocycles. The van der Waals surface area contributed by atoms with Crippen molar-refractivity contribution in [2.24, 2.45) is 0 Å². The van der Waals surface area contributed by atoms with Crippen LogP contribution in [0.15, 0.2) is 18.2 Å². The van der Waals surface area contributed by atoms with E-state index in [0.717, 1.165) is 0 Å². The highest BCUT2D eigenvalue weighted by molar-refractivity contribution is 5.90. The first-order chi connectivity index (χ1) is 8.70. The maximum Gasteiger partial charge on any atom is 0.354 e. The molecule has 3 rings (SSSR count). The standard InChI is InChI=1S/C12H9FN2O3/c13-4-6-1-2-9-7(3-6)10-8(5-18-9)11(12(16)17)15-14-10/h1-3H,4-5H2,(H,14,15)(H,16,17). The molecule has 1 aromatic heterocycles. The Hall–Kier alpha value is -2.37. The number of H-pyrrole nitrogens is 1. The quantitative estimate of drug-likeness (QED) is 0.853. The number of nitrogens with zero attached hydrogens (tertiary/aromatic N) is 1. The van der Waals surface area contributed by atoms with Crippen LogP contribution in [0.1, 0.15) is 21.6 Å². The van der Waals surface area contributed by atoms with E-state index in [2.05, 4.69) is 10.2 Å². The third kappa shape index (κ3) is 1.46. The molecule has 0 saturated carbocycles. The summed E-state index contributed by atoms with van der Waals surface area (Å²) in [6, 6.07) is 4.93. The van der Waals surface area contributed by atoms with Crippen LogP contribution in [-0.4, -0.2) is 21.3 Å². The maximum absolute atomic E-state index is 12.6. The summed E-state index contributed by atoms with van der Waals surface area (Å²) in [5, 5.41) is 15.4. The van der Waals surface area contributed by atoms with Gasteiger partial charge in [-0.2, -0.15) is 5.10 Å². The number of carboxylic acids is 1. The van der Waals surface area contributed by atoms with Gasteiger partial charge in [-0.3, -0.25) is 5.10 Å². The fourth-order valence-corrected chi connectivity index (χ4v) is 2.03. The minimum absolute atomic E-state index is 0.0151. The van der Waals surface area contributed by atoms with Crippen molar-refractivity contribution in [2.45, 2.75) is 13.3 Å². The molecular formula is C12H9FN2O3. The minimum Gasteiger partial charge on any atom is -0.488 e. The number of rotatable bonds is 2. The fraction of sp³-hybridized carbons (Fsp3) is 0.167. The molecule has 0 aliphatic carbocycles. The van der Waals surface area contributed by atoms with Crippen LogP contribution in [0.3, 0.4) is 0 Å². The highest BCUT2D eigenvalue weighted by Crippen LogP contribution is 2.38. The van der Waals surface area contributed by atoms with Crippen LogP contribution in [0.25, 0.3) is 11.3 Å². The van der Waals surface area contributed by atoms with Crippen molar-refractivity contribution >= 4 is 5.97 Å². The number of alkyl halides is 1. The Bertz CT molecular complexity index is 636. The van der Waals surface area contributed by atoms with Gasteiger partial charge in [0.25, 0.3) is 0 Å². The van der Waals surface area contributed by atoms with Gasteiger partial charge in [0.2, 0.25) is 0 Å². The predicted octanol–water partition coefficient (Wildman–Crippen LogP) is 2.14. The van der Waals surface area contributed by atoms with Crippen molar-refractivity contribution in [3.05, 3.63) is 35.0 Å². The lowest BCUT2D eigenvalue weighted by Crippen LogP contribution is -2.09. The number of ether oxygens (including phenoxy) is 1. The lowest BCUT2D eigenvalue weighted by Gasteiger charge is -2.17. The molecule has 2 aromatic rings. The second-order valence-corrected chi connectivity index (χ2v) is 3.98. The molecule has 2 heterocycles. The maximum atomic E-state index is 12.6. The van der Waals surface area contributed by atoms with Gasteiger partial charge in [0.15, 0.2) is 5.69 Å². The summed E-state index contributed by atoms with van der Waals surface area (Å²) in [6.07, 6.45) is 0. The first-order valence-electron chi connectivity index (χ1n) is 5.33. The van der Waals surface area contributed by atoms with Gasteiger partial charge in [-0.1, -0.05) is 6.07 Å². The van der Waals surface area contributed by atoms with Crippen LogP contribution in [-0.2, 0) is 13.3 Å². The molecule has 5 nitrogen and oxygen atoms in total. The minimum atomic E-state index is -1.09. The lowest BCUT2D eigenvalue weighted by molar-refractivity contribution is 0.0687. The van der Waals surface area contributed by atoms with E-state index >= 15 is 0 Å². The van der Waals surface area contributed by atoms with Gasteiger partial charge in [0.05, 0.1) is 5.56 Å². The number of aromatic amines is 1. The average molecular weight is 248 g/mol. The van der Waals surface area contributed by atoms with Crippen LogP contribution in [0, 0.1) is 0 Å². The van der Waals surface area contributed by atoms with Crippen molar-refractivity contribution in [3.8, 4) is 17.0 Å². The number of nitrogens with one attached hydrogen (secondary N) is 1. The van der Waals surface area contributed by atoms with Crippen molar-refractivity contribution < 1.29 is 19.0 Å². The predicted molar refractivity (Wildman–Crippen MR) is 60.1 cm³/mol. The van der Waals surface area contributed by atoms with Gasteiger partial charge < -0.3 is 9.84 Å². The number of hydrogen-bond donors (Lipinski definition) is 2. The van der Waals surface area contributed by atoms with E-state index in [1.165, 1.54) is 0 Å². The molecular weight excluding hydrogens is 239 g/mol. The molecule has 1 aliphatic rings. The molecule has 6 heteroatoms. The van der Waals surface area contributed by atoms with Crippen LogP contribution in [0.2, 0.25) is 0 Å². The fourth-order valence-electron chi connectivity index (χ4n) is 2.03. The highest BCUT2D eigenvalue weighted by Gasteiger charge is 2.26. The lowest BCUT2D eigenvalue weighted by atomic mass is 10.0. The zero-order chi connectivity index (χ0) is 12.7. The number of hydrogen-bond acceptors (Lipinski definition) is 3. The number of aromatic nitrogens is 2. The van der Waals surface area contributed by atoms with Gasteiger partial charge in [-0.15, -0.1) is 0 Å². The number of aromatic carboxylic acids is 1. The molecule has 18 heavy (non-hydrogen) atoms. The Kier molecular flexibility index (Phi) is 2.29. The van der Waals surface area contributed by atoms with E-state index in [9.17, 15) is 9.18 Å². The van der Waals surface area contributed by atoms with Gasteiger partial charge in [0, 0.05) is 5.56 Å². The van der Waals surface area contributed by atoms with Gasteiger partial charge in [-0.05, 0) is 17.7 Å². The van der Waals surface area contributed by atoms with E-state index in [1.807, 2.05) is 0 Å². The van der Waals surface area contributed by atoms with Gasteiger partial charge >= 0.3 is 5.97 Å². The van der Waals surface area contributed by atoms with Crippen molar-refractivity contribution in [2.75, 3.05) is 0 Å². The SMILES string of the molecule is O=C(O)c1[nH]nc2c1COc1ccc(CF)cc1-2. The molecule has 0 amide bonds. The Morgan fingerprint density at radius 3 is 3.11 bits per heavy atom. The summed E-state index contributed by atoms with van der Waals surface area (Å²) >= 11 is 0. The van der Waals surface area contributed by atoms with Crippen molar-refractivity contribution in [3.63, 3.8) is 0 Å². The van der Waals surface area contributed by atoms with E-state index < -0.39 is 12.6 Å². The summed E-state index contributed by atoms with van der Waals surface area (Å²) in [7, 11) is 0. The number of carbonyl (C=O) groups is 1. The van der Waals surface area contributed by atoms with Crippen LogP contribution in [0.5, 0.6) is 5.75 Å². The summed E-state index contributed by atoms with van der Waals surface area (Å²) < 4.78 is 18.1. The summed E-state index contributed by atoms with van der Waals surface area (Å²) in [5.41, 5.74) is 2.15. The smallest absolute Gasteiger partial charge is 0.354 e. The zero-order valence-corrected chi connectivity index (χ0v) is 9.24. The van der Waals surface area contributed by atoms with E-state index in [0.29, 0.717) is 28.1 Å². The van der Waals surface area contributed by atoms with Crippen molar-refractivity contribution in [1.29, 1.82) is 0 Å². The van der Waals surface area contributed by atoms with Crippen molar-refractivity contribution in [1.82, 2.24) is 10.2 Å². The molecule has 0 spiro atoms. The average Bonchev–Trinajstić information content (AvgIpc) is 2.82.